The van der Waals surface area contributed by atoms with Crippen molar-refractivity contribution in [3.63, 3.8) is 0 Å². The highest BCUT2D eigenvalue weighted by atomic mass is 35.5. The molecule has 1 N–H and O–H groups in total. The molecule has 0 saturated carbocycles. The molecule has 2 aromatic carbocycles. The van der Waals surface area contributed by atoms with E-state index in [1.807, 2.05) is 42.5 Å². The number of nitrogens with zero attached hydrogens (tertiary/aromatic N) is 2. The molecule has 0 saturated heterocycles. The molecule has 0 radical (unpaired) electrons. The number of amides is 1. The number of carbonyl (C=O) groups is 1. The zero-order chi connectivity index (χ0) is 14.7. The molecule has 0 aliphatic carbocycles. The second kappa shape index (κ2) is 5.89. The molecular weight excluding hydrogens is 286 g/mol. The molecule has 21 heavy (non-hydrogen) atoms. The molecule has 1 amide bonds. The fourth-order valence-electron chi connectivity index (χ4n) is 2.13. The van der Waals surface area contributed by atoms with Crippen LogP contribution < -0.4 is 5.32 Å². The smallest absolute Gasteiger partial charge is 0.229 e. The van der Waals surface area contributed by atoms with Crippen LogP contribution in [-0.4, -0.2) is 15.9 Å². The first-order valence-corrected chi connectivity index (χ1v) is 6.84. The molecule has 0 bridgehead atoms. The van der Waals surface area contributed by atoms with Crippen LogP contribution in [0.4, 0.5) is 5.82 Å². The first-order chi connectivity index (χ1) is 10.2. The molecule has 104 valence electrons. The van der Waals surface area contributed by atoms with Crippen LogP contribution >= 0.6 is 11.6 Å². The zero-order valence-corrected chi connectivity index (χ0v) is 11.8. The van der Waals surface area contributed by atoms with Crippen LogP contribution in [0.3, 0.4) is 0 Å². The van der Waals surface area contributed by atoms with Crippen LogP contribution in [0.5, 0.6) is 0 Å². The van der Waals surface area contributed by atoms with Gasteiger partial charge in [0.1, 0.15) is 5.82 Å². The number of aromatic nitrogens is 2. The van der Waals surface area contributed by atoms with E-state index in [1.165, 1.54) is 6.20 Å². The van der Waals surface area contributed by atoms with Crippen molar-refractivity contribution in [2.45, 2.75) is 6.42 Å². The SMILES string of the molecule is O=C(Cc1ccc2ccccc2c1)Nc1ccnc(Cl)n1. The van der Waals surface area contributed by atoms with Gasteiger partial charge in [-0.3, -0.25) is 4.79 Å². The van der Waals surface area contributed by atoms with Gasteiger partial charge in [-0.25, -0.2) is 9.97 Å². The highest BCUT2D eigenvalue weighted by Gasteiger charge is 2.06. The summed E-state index contributed by atoms with van der Waals surface area (Å²) >= 11 is 5.68. The van der Waals surface area contributed by atoms with Gasteiger partial charge >= 0.3 is 0 Å². The van der Waals surface area contributed by atoms with Crippen LogP contribution in [0, 0.1) is 0 Å². The van der Waals surface area contributed by atoms with Gasteiger partial charge < -0.3 is 5.32 Å². The van der Waals surface area contributed by atoms with Crippen LogP contribution in [-0.2, 0) is 11.2 Å². The van der Waals surface area contributed by atoms with E-state index in [0.29, 0.717) is 5.82 Å². The Morgan fingerprint density at radius 3 is 2.71 bits per heavy atom. The van der Waals surface area contributed by atoms with Gasteiger partial charge in [0.25, 0.3) is 0 Å². The Bertz CT molecular complexity index is 804. The number of fused-ring (bicyclic) bond motifs is 1. The van der Waals surface area contributed by atoms with Gasteiger partial charge in [0, 0.05) is 6.20 Å². The molecule has 0 atom stereocenters. The van der Waals surface area contributed by atoms with E-state index in [9.17, 15) is 4.79 Å². The van der Waals surface area contributed by atoms with Crippen molar-refractivity contribution >= 4 is 34.1 Å². The minimum atomic E-state index is -0.139. The second-order valence-corrected chi connectivity index (χ2v) is 4.96. The Labute approximate surface area is 126 Å². The second-order valence-electron chi connectivity index (χ2n) is 4.62. The van der Waals surface area contributed by atoms with Crippen molar-refractivity contribution in [2.75, 3.05) is 5.32 Å². The van der Waals surface area contributed by atoms with E-state index >= 15 is 0 Å². The molecule has 3 rings (SSSR count). The molecule has 0 unspecified atom stereocenters. The van der Waals surface area contributed by atoms with Crippen LogP contribution in [0.25, 0.3) is 10.8 Å². The summed E-state index contributed by atoms with van der Waals surface area (Å²) in [6.45, 7) is 0. The number of halogens is 1. The molecule has 4 nitrogen and oxygen atoms in total. The van der Waals surface area contributed by atoms with Gasteiger partial charge in [0.15, 0.2) is 0 Å². The van der Waals surface area contributed by atoms with Gasteiger partial charge in [-0.15, -0.1) is 0 Å². The van der Waals surface area contributed by atoms with Crippen molar-refractivity contribution < 1.29 is 4.79 Å². The molecule has 1 heterocycles. The molecular formula is C16H12ClN3O. The average molecular weight is 298 g/mol. The van der Waals surface area contributed by atoms with E-state index in [4.69, 9.17) is 11.6 Å². The predicted molar refractivity (Wildman–Crippen MR) is 83.3 cm³/mol. The van der Waals surface area contributed by atoms with Gasteiger partial charge in [0.05, 0.1) is 6.42 Å². The summed E-state index contributed by atoms with van der Waals surface area (Å²) in [6.07, 6.45) is 1.79. The number of anilines is 1. The van der Waals surface area contributed by atoms with Crippen LogP contribution in [0.2, 0.25) is 5.28 Å². The maximum atomic E-state index is 12.0. The fraction of sp³-hybridized carbons (Fsp3) is 0.0625. The minimum absolute atomic E-state index is 0.110. The van der Waals surface area contributed by atoms with Crippen molar-refractivity contribution in [1.82, 2.24) is 9.97 Å². The van der Waals surface area contributed by atoms with Gasteiger partial charge in [-0.2, -0.15) is 0 Å². The van der Waals surface area contributed by atoms with Crippen molar-refractivity contribution in [1.29, 1.82) is 0 Å². The van der Waals surface area contributed by atoms with E-state index in [0.717, 1.165) is 16.3 Å². The Kier molecular flexibility index (Phi) is 3.79. The molecule has 5 heteroatoms. The Morgan fingerprint density at radius 2 is 1.90 bits per heavy atom. The lowest BCUT2D eigenvalue weighted by molar-refractivity contribution is -0.115. The lowest BCUT2D eigenvalue weighted by Crippen LogP contribution is -2.15. The molecule has 1 aromatic heterocycles. The molecule has 0 spiro atoms. The Hall–Kier alpha value is -2.46. The lowest BCUT2D eigenvalue weighted by atomic mass is 10.1. The number of hydrogen-bond donors (Lipinski definition) is 1. The number of nitrogens with one attached hydrogen (secondary N) is 1. The number of benzene rings is 2. The molecule has 3 aromatic rings. The first kappa shape index (κ1) is 13.5. The zero-order valence-electron chi connectivity index (χ0n) is 11.1. The van der Waals surface area contributed by atoms with E-state index < -0.39 is 0 Å². The first-order valence-electron chi connectivity index (χ1n) is 6.47. The largest absolute Gasteiger partial charge is 0.310 e. The van der Waals surface area contributed by atoms with Crippen molar-refractivity contribution in [2.24, 2.45) is 0 Å². The predicted octanol–water partition coefficient (Wildman–Crippen LogP) is 3.46. The van der Waals surface area contributed by atoms with Crippen molar-refractivity contribution in [3.8, 4) is 0 Å². The summed E-state index contributed by atoms with van der Waals surface area (Å²) in [5.74, 6) is 0.265. The average Bonchev–Trinajstić information content (AvgIpc) is 2.47. The topological polar surface area (TPSA) is 54.9 Å². The monoisotopic (exact) mass is 297 g/mol. The van der Waals surface area contributed by atoms with Gasteiger partial charge in [-0.05, 0) is 34.0 Å². The minimum Gasteiger partial charge on any atom is -0.310 e. The summed E-state index contributed by atoms with van der Waals surface area (Å²) < 4.78 is 0. The molecule has 0 fully saturated rings. The summed E-state index contributed by atoms with van der Waals surface area (Å²) in [4.78, 5) is 19.7. The molecule has 0 aliphatic heterocycles. The van der Waals surface area contributed by atoms with Gasteiger partial charge in [0.2, 0.25) is 11.2 Å². The third-order valence-electron chi connectivity index (χ3n) is 3.07. The standard InChI is InChI=1S/C16H12ClN3O/c17-16-18-8-7-14(20-16)19-15(21)10-11-5-6-12-3-1-2-4-13(12)9-11/h1-9H,10H2,(H,18,19,20,21). The maximum Gasteiger partial charge on any atom is 0.229 e. The lowest BCUT2D eigenvalue weighted by Gasteiger charge is -2.05. The number of carbonyl (C=O) groups excluding carboxylic acids is 1. The number of hydrogen-bond acceptors (Lipinski definition) is 3. The highest BCUT2D eigenvalue weighted by Crippen LogP contribution is 2.16. The third kappa shape index (κ3) is 3.35. The normalized spacial score (nSPS) is 10.5. The Balaban J connectivity index is 1.74. The number of rotatable bonds is 3. The fourth-order valence-corrected chi connectivity index (χ4v) is 2.27. The van der Waals surface area contributed by atoms with Crippen LogP contribution in [0.1, 0.15) is 5.56 Å². The summed E-state index contributed by atoms with van der Waals surface area (Å²) in [7, 11) is 0. The summed E-state index contributed by atoms with van der Waals surface area (Å²) in [5, 5.41) is 5.09. The van der Waals surface area contributed by atoms with E-state index in [-0.39, 0.29) is 17.6 Å². The third-order valence-corrected chi connectivity index (χ3v) is 3.25. The van der Waals surface area contributed by atoms with Gasteiger partial charge in [-0.1, -0.05) is 42.5 Å². The maximum absolute atomic E-state index is 12.0. The van der Waals surface area contributed by atoms with E-state index in [2.05, 4.69) is 15.3 Å². The Morgan fingerprint density at radius 1 is 1.10 bits per heavy atom. The highest BCUT2D eigenvalue weighted by molar-refractivity contribution is 6.28. The van der Waals surface area contributed by atoms with Crippen molar-refractivity contribution in [3.05, 3.63) is 65.6 Å². The quantitative estimate of drug-likeness (QED) is 0.753. The summed E-state index contributed by atoms with van der Waals surface area (Å²) in [5.41, 5.74) is 0.950. The molecule has 0 aliphatic rings. The summed E-state index contributed by atoms with van der Waals surface area (Å²) in [6, 6.07) is 15.6. The van der Waals surface area contributed by atoms with E-state index in [1.54, 1.807) is 6.07 Å². The van der Waals surface area contributed by atoms with Crippen LogP contribution in [0.15, 0.2) is 54.7 Å².